The number of carbonyl (C=O) groups is 1. The summed E-state index contributed by atoms with van der Waals surface area (Å²) in [7, 11) is 0. The molecule has 0 saturated carbocycles. The van der Waals surface area contributed by atoms with Crippen molar-refractivity contribution in [2.24, 2.45) is 5.92 Å². The lowest BCUT2D eigenvalue weighted by Crippen LogP contribution is -2.52. The zero-order chi connectivity index (χ0) is 36.3. The number of aromatic nitrogens is 1. The number of aliphatic hydroxyl groups is 1. The fourth-order valence-electron chi connectivity index (χ4n) is 7.49. The smallest absolute Gasteiger partial charge is 0.408 e. The van der Waals surface area contributed by atoms with Crippen LogP contribution in [-0.4, -0.2) is 71.6 Å². The molecule has 0 spiro atoms. The fourth-order valence-corrected chi connectivity index (χ4v) is 7.69. The molecule has 4 aromatic rings. The maximum Gasteiger partial charge on any atom is 0.408 e. The first-order chi connectivity index (χ1) is 25.3. The van der Waals surface area contributed by atoms with Crippen LogP contribution in [-0.2, 0) is 4.74 Å². The summed E-state index contributed by atoms with van der Waals surface area (Å²) >= 11 is 6.35. The van der Waals surface area contributed by atoms with Crippen LogP contribution in [0.3, 0.4) is 0 Å². The number of nitrogens with zero attached hydrogens (tertiary/aromatic N) is 1. The number of alkyl carbamates (subject to hydrolysis) is 1. The SMILES string of the molecule is O=C(NC(c1cccc(Cl)c1)c1cccc(OCCCCCCCCCNC[C@@H](O)c2ccc(O)c3[nH]c(=O)ccc23)c1)O[C@H]1CN2CCC1CC2. The van der Waals surface area contributed by atoms with Crippen molar-refractivity contribution in [3.63, 3.8) is 0 Å². The number of phenols is 1. The third-order valence-electron chi connectivity index (χ3n) is 10.4. The number of unbranched alkanes of at least 4 members (excludes halogenated alkanes) is 6. The average Bonchev–Trinajstić information content (AvgIpc) is 3.15. The van der Waals surface area contributed by atoms with Crippen molar-refractivity contribution >= 4 is 28.6 Å². The number of halogens is 1. The predicted octanol–water partition coefficient (Wildman–Crippen LogP) is 7.23. The van der Waals surface area contributed by atoms with E-state index in [9.17, 15) is 19.8 Å². The van der Waals surface area contributed by atoms with Crippen LogP contribution in [0.15, 0.2) is 77.6 Å². The lowest BCUT2D eigenvalue weighted by molar-refractivity contribution is -0.0336. The van der Waals surface area contributed by atoms with E-state index in [-0.39, 0.29) is 17.4 Å². The van der Waals surface area contributed by atoms with Crippen molar-refractivity contribution in [2.45, 2.75) is 76.0 Å². The molecule has 0 aliphatic carbocycles. The van der Waals surface area contributed by atoms with Crippen LogP contribution in [0, 0.1) is 5.92 Å². The Balaban J connectivity index is 0.873. The zero-order valence-corrected chi connectivity index (χ0v) is 30.5. The Morgan fingerprint density at radius 3 is 2.40 bits per heavy atom. The first-order valence-electron chi connectivity index (χ1n) is 18.8. The second-order valence-electron chi connectivity index (χ2n) is 14.1. The highest BCUT2D eigenvalue weighted by Crippen LogP contribution is 2.32. The second kappa shape index (κ2) is 18.6. The zero-order valence-electron chi connectivity index (χ0n) is 29.7. The van der Waals surface area contributed by atoms with E-state index in [2.05, 4.69) is 20.5 Å². The van der Waals surface area contributed by atoms with E-state index in [0.29, 0.717) is 40.6 Å². The molecule has 1 aromatic heterocycles. The largest absolute Gasteiger partial charge is 0.506 e. The molecule has 1 amide bonds. The molecule has 5 N–H and O–H groups in total. The van der Waals surface area contributed by atoms with Gasteiger partial charge in [0.2, 0.25) is 5.56 Å². The van der Waals surface area contributed by atoms with Gasteiger partial charge >= 0.3 is 6.09 Å². The normalized spacial score (nSPS) is 19.3. The number of fused-ring (bicyclic) bond motifs is 4. The molecule has 10 nitrogen and oxygen atoms in total. The molecular weight excluding hydrogens is 680 g/mol. The number of phenolic OH excluding ortho intramolecular Hbond substituents is 1. The molecule has 3 aliphatic rings. The molecule has 52 heavy (non-hydrogen) atoms. The lowest BCUT2D eigenvalue weighted by Gasteiger charge is -2.43. The molecule has 3 atom stereocenters. The van der Waals surface area contributed by atoms with Crippen molar-refractivity contribution < 1.29 is 24.5 Å². The van der Waals surface area contributed by atoms with Gasteiger partial charge in [0, 0.05) is 29.6 Å². The Bertz CT molecular complexity index is 1830. The van der Waals surface area contributed by atoms with Crippen LogP contribution in [0.25, 0.3) is 10.9 Å². The number of hydrogen-bond donors (Lipinski definition) is 5. The summed E-state index contributed by atoms with van der Waals surface area (Å²) < 4.78 is 12.1. The molecule has 0 radical (unpaired) electrons. The van der Waals surface area contributed by atoms with E-state index in [1.54, 1.807) is 12.1 Å². The number of aromatic amines is 1. The van der Waals surface area contributed by atoms with E-state index < -0.39 is 18.2 Å². The van der Waals surface area contributed by atoms with E-state index in [1.165, 1.54) is 18.6 Å². The van der Waals surface area contributed by atoms with Gasteiger partial charge in [0.05, 0.1) is 24.3 Å². The van der Waals surface area contributed by atoms with Gasteiger partial charge in [0.25, 0.3) is 0 Å². The number of aromatic hydroxyl groups is 1. The average molecular weight is 731 g/mol. The number of carbonyl (C=O) groups excluding carboxylic acids is 1. The van der Waals surface area contributed by atoms with E-state index in [1.807, 2.05) is 48.5 Å². The number of rotatable bonds is 18. The summed E-state index contributed by atoms with van der Waals surface area (Å²) in [5, 5.41) is 28.5. The van der Waals surface area contributed by atoms with Crippen LogP contribution >= 0.6 is 11.6 Å². The third kappa shape index (κ3) is 10.3. The number of hydrogen-bond acceptors (Lipinski definition) is 8. The molecule has 11 heteroatoms. The second-order valence-corrected chi connectivity index (χ2v) is 14.6. The molecule has 3 aromatic carbocycles. The van der Waals surface area contributed by atoms with Crippen molar-refractivity contribution in [3.05, 3.63) is 105 Å². The van der Waals surface area contributed by atoms with Crippen LogP contribution in [0.4, 0.5) is 4.79 Å². The van der Waals surface area contributed by atoms with Crippen LogP contribution in [0.2, 0.25) is 5.02 Å². The number of aliphatic hydroxyl groups excluding tert-OH is 1. The monoisotopic (exact) mass is 730 g/mol. The topological polar surface area (TPSA) is 136 Å². The lowest BCUT2D eigenvalue weighted by atomic mass is 9.86. The first-order valence-corrected chi connectivity index (χ1v) is 19.1. The molecular formula is C41H51ClN4O6. The first kappa shape index (κ1) is 37.7. The van der Waals surface area contributed by atoms with Crippen LogP contribution in [0.1, 0.15) is 86.6 Å². The predicted molar refractivity (Wildman–Crippen MR) is 204 cm³/mol. The summed E-state index contributed by atoms with van der Waals surface area (Å²) in [6.45, 7) is 4.82. The number of benzene rings is 3. The summed E-state index contributed by atoms with van der Waals surface area (Å²) in [6, 6.07) is 21.2. The van der Waals surface area contributed by atoms with Crippen LogP contribution < -0.4 is 20.9 Å². The van der Waals surface area contributed by atoms with Crippen LogP contribution in [0.5, 0.6) is 11.5 Å². The van der Waals surface area contributed by atoms with Gasteiger partial charge in [-0.05, 0) is 104 Å². The highest BCUT2D eigenvalue weighted by Gasteiger charge is 2.37. The van der Waals surface area contributed by atoms with Gasteiger partial charge in [-0.3, -0.25) is 9.69 Å². The molecule has 1 unspecified atom stereocenters. The standard InChI is InChI=1S/C41H51ClN4O6/c42-31-12-8-10-29(24-31)39(45-41(50)52-37-27-46-21-18-28(37)19-22-46)30-11-9-13-32(25-30)51-23-7-5-3-1-2-4-6-20-43-26-36(48)33-14-16-35(47)40-34(33)15-17-38(49)44-40/h8-17,24-25,28,36-37,39,43,47-48H,1-7,18-23,26-27H2,(H,44,49)(H,45,50)/t36-,37+,39?/m1/s1. The number of ether oxygens (including phenoxy) is 2. The summed E-state index contributed by atoms with van der Waals surface area (Å²) in [6.07, 6.45) is 8.59. The van der Waals surface area contributed by atoms with Gasteiger partial charge in [-0.15, -0.1) is 0 Å². The highest BCUT2D eigenvalue weighted by atomic mass is 35.5. The minimum Gasteiger partial charge on any atom is -0.506 e. The summed E-state index contributed by atoms with van der Waals surface area (Å²) in [5.74, 6) is 1.19. The highest BCUT2D eigenvalue weighted by molar-refractivity contribution is 6.30. The molecule has 7 rings (SSSR count). The maximum absolute atomic E-state index is 13.2. The minimum absolute atomic E-state index is 0.0122. The third-order valence-corrected chi connectivity index (χ3v) is 10.6. The van der Waals surface area contributed by atoms with Gasteiger partial charge in [0.15, 0.2) is 0 Å². The number of piperidine rings is 3. The van der Waals surface area contributed by atoms with E-state index >= 15 is 0 Å². The molecule has 3 aliphatic heterocycles. The Morgan fingerprint density at radius 2 is 1.65 bits per heavy atom. The van der Waals surface area contributed by atoms with Crippen molar-refractivity contribution in [3.8, 4) is 11.5 Å². The maximum atomic E-state index is 13.2. The molecule has 4 heterocycles. The number of H-pyrrole nitrogens is 1. The van der Waals surface area contributed by atoms with Gasteiger partial charge in [0.1, 0.15) is 17.6 Å². The minimum atomic E-state index is -0.747. The van der Waals surface area contributed by atoms with E-state index in [4.69, 9.17) is 21.1 Å². The number of pyridine rings is 1. The van der Waals surface area contributed by atoms with Crippen molar-refractivity contribution in [1.29, 1.82) is 0 Å². The Labute approximate surface area is 310 Å². The molecule has 2 bridgehead atoms. The van der Waals surface area contributed by atoms with E-state index in [0.717, 1.165) is 94.4 Å². The fraction of sp³-hybridized carbons (Fsp3) is 0.463. The number of amides is 1. The Hall–Kier alpha value is -4.09. The quantitative estimate of drug-likeness (QED) is 0.0677. The van der Waals surface area contributed by atoms with Crippen molar-refractivity contribution in [1.82, 2.24) is 20.5 Å². The van der Waals surface area contributed by atoms with Gasteiger partial charge < -0.3 is 35.3 Å². The Morgan fingerprint density at radius 1 is 0.923 bits per heavy atom. The summed E-state index contributed by atoms with van der Waals surface area (Å²) in [4.78, 5) is 29.8. The summed E-state index contributed by atoms with van der Waals surface area (Å²) in [5.41, 5.74) is 2.50. The van der Waals surface area contributed by atoms with Gasteiger partial charge in [-0.1, -0.05) is 74.0 Å². The number of nitrogens with one attached hydrogen (secondary N) is 3. The molecule has 3 saturated heterocycles. The van der Waals surface area contributed by atoms with Crippen molar-refractivity contribution in [2.75, 3.05) is 39.3 Å². The molecule has 278 valence electrons. The van der Waals surface area contributed by atoms with Gasteiger partial charge in [-0.25, -0.2) is 4.79 Å². The van der Waals surface area contributed by atoms with Gasteiger partial charge in [-0.2, -0.15) is 0 Å². The Kier molecular flexibility index (Phi) is 13.5. The molecule has 3 fully saturated rings.